The molecule has 0 unspecified atom stereocenters. The molecule has 0 saturated carbocycles. The minimum Gasteiger partial charge on any atom is -0.478 e. The van der Waals surface area contributed by atoms with Crippen LogP contribution in [0.3, 0.4) is 0 Å². The lowest BCUT2D eigenvalue weighted by molar-refractivity contribution is 0.324. The fourth-order valence-electron chi connectivity index (χ4n) is 0.936. The van der Waals surface area contributed by atoms with E-state index in [-0.39, 0.29) is 0 Å². The maximum absolute atomic E-state index is 5.32. The number of ether oxygens (including phenoxy) is 1. The first-order chi connectivity index (χ1) is 5.77. The number of hydrogen-bond acceptors (Lipinski definition) is 3. The van der Waals surface area contributed by atoms with Crippen molar-refractivity contribution in [3.8, 4) is 5.88 Å². The van der Waals surface area contributed by atoms with Gasteiger partial charge in [-0.1, -0.05) is 0 Å². The second-order valence-electron chi connectivity index (χ2n) is 2.43. The largest absolute Gasteiger partial charge is 0.478 e. The van der Waals surface area contributed by atoms with Gasteiger partial charge in [0.15, 0.2) is 0 Å². The summed E-state index contributed by atoms with van der Waals surface area (Å²) in [6, 6.07) is 2.09. The Bertz CT molecular complexity index is 263. The van der Waals surface area contributed by atoms with Crippen LogP contribution in [0.1, 0.15) is 12.5 Å². The smallest absolute Gasteiger partial charge is 0.216 e. The van der Waals surface area contributed by atoms with Crippen molar-refractivity contribution >= 4 is 11.8 Å². The second-order valence-corrected chi connectivity index (χ2v) is 3.31. The van der Waals surface area contributed by atoms with Crippen LogP contribution in [0.5, 0.6) is 5.88 Å². The zero-order valence-corrected chi connectivity index (χ0v) is 8.44. The molecule has 0 atom stereocenters. The first-order valence-corrected chi connectivity index (χ1v) is 5.13. The summed E-state index contributed by atoms with van der Waals surface area (Å²) in [6.45, 7) is 4.65. The van der Waals surface area contributed by atoms with E-state index >= 15 is 0 Å². The Hall–Kier alpha value is -0.700. The molecule has 1 rings (SSSR count). The normalized spacial score (nSPS) is 9.92. The summed E-state index contributed by atoms with van der Waals surface area (Å²) in [5.41, 5.74) is 1.10. The van der Waals surface area contributed by atoms with Gasteiger partial charge in [-0.05, 0) is 26.2 Å². The molecule has 1 aromatic rings. The molecule has 0 aliphatic heterocycles. The molecule has 0 bridgehead atoms. The third-order valence-corrected chi connectivity index (χ3v) is 2.22. The number of nitrogens with zero attached hydrogens (tertiary/aromatic N) is 1. The molecule has 0 N–H and O–H groups in total. The average Bonchev–Trinajstić information content (AvgIpc) is 2.09. The summed E-state index contributed by atoms with van der Waals surface area (Å²) in [5.74, 6) is 0.746. The fourth-order valence-corrected chi connectivity index (χ4v) is 1.39. The summed E-state index contributed by atoms with van der Waals surface area (Å²) >= 11 is 1.69. The molecule has 0 aliphatic rings. The van der Waals surface area contributed by atoms with Gasteiger partial charge in [0.05, 0.1) is 6.61 Å². The van der Waals surface area contributed by atoms with Gasteiger partial charge in [-0.15, -0.1) is 11.8 Å². The van der Waals surface area contributed by atoms with Crippen molar-refractivity contribution in [2.75, 3.05) is 12.9 Å². The number of thioether (sulfide) groups is 1. The van der Waals surface area contributed by atoms with E-state index in [4.69, 9.17) is 4.74 Å². The predicted molar refractivity (Wildman–Crippen MR) is 51.9 cm³/mol. The first-order valence-electron chi connectivity index (χ1n) is 3.91. The van der Waals surface area contributed by atoms with Gasteiger partial charge in [0.2, 0.25) is 5.88 Å². The van der Waals surface area contributed by atoms with Crippen molar-refractivity contribution in [3.05, 3.63) is 17.8 Å². The molecule has 0 saturated heterocycles. The van der Waals surface area contributed by atoms with Crippen LogP contribution in [-0.2, 0) is 0 Å². The Labute approximate surface area is 77.3 Å². The predicted octanol–water partition coefficient (Wildman–Crippen LogP) is 2.51. The topological polar surface area (TPSA) is 22.1 Å². The van der Waals surface area contributed by atoms with Gasteiger partial charge in [0.25, 0.3) is 0 Å². The summed E-state index contributed by atoms with van der Waals surface area (Å²) in [5, 5.41) is 0. The summed E-state index contributed by atoms with van der Waals surface area (Å²) in [6.07, 6.45) is 3.87. The van der Waals surface area contributed by atoms with Gasteiger partial charge >= 0.3 is 0 Å². The van der Waals surface area contributed by atoms with Crippen LogP contribution in [0, 0.1) is 6.92 Å². The molecule has 0 amide bonds. The van der Waals surface area contributed by atoms with Crippen molar-refractivity contribution in [2.24, 2.45) is 0 Å². The van der Waals surface area contributed by atoms with Crippen LogP contribution < -0.4 is 4.74 Å². The highest BCUT2D eigenvalue weighted by Gasteiger charge is 2.00. The van der Waals surface area contributed by atoms with Crippen LogP contribution in [0.15, 0.2) is 17.2 Å². The van der Waals surface area contributed by atoms with Crippen LogP contribution in [0.4, 0.5) is 0 Å². The van der Waals surface area contributed by atoms with Gasteiger partial charge in [-0.3, -0.25) is 0 Å². The molecular formula is C9H13NOS. The van der Waals surface area contributed by atoms with E-state index in [1.165, 1.54) is 4.90 Å². The van der Waals surface area contributed by atoms with Crippen molar-refractivity contribution in [1.29, 1.82) is 0 Å². The van der Waals surface area contributed by atoms with E-state index in [1.54, 1.807) is 11.8 Å². The molecule has 0 radical (unpaired) electrons. The van der Waals surface area contributed by atoms with E-state index in [9.17, 15) is 0 Å². The molecule has 2 nitrogen and oxygen atoms in total. The van der Waals surface area contributed by atoms with Crippen molar-refractivity contribution < 1.29 is 4.74 Å². The standard InChI is InChI=1S/C9H13NOS/c1-4-11-9-7(2)5-8(12-3)6-10-9/h5-6H,4H2,1-3H3. The summed E-state index contributed by atoms with van der Waals surface area (Å²) in [4.78, 5) is 5.37. The lowest BCUT2D eigenvalue weighted by Gasteiger charge is -2.05. The summed E-state index contributed by atoms with van der Waals surface area (Å²) in [7, 11) is 0. The van der Waals surface area contributed by atoms with E-state index in [0.717, 1.165) is 11.4 Å². The first kappa shape index (κ1) is 9.39. The Balaban J connectivity index is 2.87. The van der Waals surface area contributed by atoms with Crippen molar-refractivity contribution in [1.82, 2.24) is 4.98 Å². The third-order valence-electron chi connectivity index (χ3n) is 1.52. The third kappa shape index (κ3) is 2.14. The van der Waals surface area contributed by atoms with E-state index < -0.39 is 0 Å². The monoisotopic (exact) mass is 183 g/mol. The van der Waals surface area contributed by atoms with Gasteiger partial charge in [0, 0.05) is 16.7 Å². The highest BCUT2D eigenvalue weighted by Crippen LogP contribution is 2.20. The van der Waals surface area contributed by atoms with E-state index in [0.29, 0.717) is 6.61 Å². The van der Waals surface area contributed by atoms with Gasteiger partial charge in [-0.2, -0.15) is 0 Å². The minimum absolute atomic E-state index is 0.673. The Morgan fingerprint density at radius 3 is 2.83 bits per heavy atom. The molecule has 0 fully saturated rings. The zero-order chi connectivity index (χ0) is 8.97. The number of aromatic nitrogens is 1. The number of aryl methyl sites for hydroxylation is 1. The number of hydrogen-bond donors (Lipinski definition) is 0. The number of rotatable bonds is 3. The van der Waals surface area contributed by atoms with Crippen LogP contribution in [0.25, 0.3) is 0 Å². The van der Waals surface area contributed by atoms with Crippen LogP contribution in [0.2, 0.25) is 0 Å². The Kier molecular flexibility index (Phi) is 3.41. The lowest BCUT2D eigenvalue weighted by Crippen LogP contribution is -1.96. The molecule has 12 heavy (non-hydrogen) atoms. The van der Waals surface area contributed by atoms with Crippen molar-refractivity contribution in [3.63, 3.8) is 0 Å². The van der Waals surface area contributed by atoms with Gasteiger partial charge < -0.3 is 4.74 Å². The highest BCUT2D eigenvalue weighted by atomic mass is 32.2. The second kappa shape index (κ2) is 4.36. The molecular weight excluding hydrogens is 170 g/mol. The molecule has 66 valence electrons. The fraction of sp³-hybridized carbons (Fsp3) is 0.444. The average molecular weight is 183 g/mol. The maximum Gasteiger partial charge on any atom is 0.216 e. The maximum atomic E-state index is 5.32. The lowest BCUT2D eigenvalue weighted by atomic mass is 10.3. The molecule has 3 heteroatoms. The van der Waals surface area contributed by atoms with Crippen LogP contribution in [-0.4, -0.2) is 17.8 Å². The molecule has 1 heterocycles. The van der Waals surface area contributed by atoms with Gasteiger partial charge in [0.1, 0.15) is 0 Å². The molecule has 0 aromatic carbocycles. The van der Waals surface area contributed by atoms with E-state index in [2.05, 4.69) is 11.1 Å². The molecule has 0 spiro atoms. The van der Waals surface area contributed by atoms with Crippen LogP contribution >= 0.6 is 11.8 Å². The molecule has 0 aliphatic carbocycles. The highest BCUT2D eigenvalue weighted by molar-refractivity contribution is 7.98. The Morgan fingerprint density at radius 1 is 1.58 bits per heavy atom. The Morgan fingerprint density at radius 2 is 2.33 bits per heavy atom. The quantitative estimate of drug-likeness (QED) is 0.672. The van der Waals surface area contributed by atoms with Gasteiger partial charge in [-0.25, -0.2) is 4.98 Å². The number of pyridine rings is 1. The molecule has 1 aromatic heterocycles. The minimum atomic E-state index is 0.673. The van der Waals surface area contributed by atoms with Crippen molar-refractivity contribution in [2.45, 2.75) is 18.7 Å². The SMILES string of the molecule is CCOc1ncc(SC)cc1C. The van der Waals surface area contributed by atoms with E-state index in [1.807, 2.05) is 26.3 Å². The zero-order valence-electron chi connectivity index (χ0n) is 7.63. The summed E-state index contributed by atoms with van der Waals surface area (Å²) < 4.78 is 5.32.